The first-order valence-electron chi connectivity index (χ1n) is 4.92. The van der Waals surface area contributed by atoms with Crippen molar-refractivity contribution in [3.8, 4) is 0 Å². The molecular weight excluding hydrogens is 230 g/mol. The molecule has 2 rings (SSSR count). The van der Waals surface area contributed by atoms with E-state index < -0.39 is 5.79 Å². The number of Topliss-reactive ketones (excluding diaryl/α,β-unsaturated/α-hetero) is 1. The predicted molar refractivity (Wildman–Crippen MR) is 57.6 cm³/mol. The summed E-state index contributed by atoms with van der Waals surface area (Å²) in [5, 5.41) is 0.428. The summed E-state index contributed by atoms with van der Waals surface area (Å²) in [5.74, 6) is -0.871. The topological polar surface area (TPSA) is 57.7 Å². The lowest BCUT2D eigenvalue weighted by atomic mass is 10.3. The highest BCUT2D eigenvalue weighted by Crippen LogP contribution is 2.34. The molecule has 0 amide bonds. The molecule has 0 radical (unpaired) electrons. The summed E-state index contributed by atoms with van der Waals surface area (Å²) >= 11 is 1.29. The zero-order valence-corrected chi connectivity index (χ0v) is 10.0. The van der Waals surface area contributed by atoms with Crippen molar-refractivity contribution in [1.29, 1.82) is 0 Å². The van der Waals surface area contributed by atoms with Gasteiger partial charge in [-0.05, 0) is 6.92 Å². The van der Waals surface area contributed by atoms with Gasteiger partial charge in [0.2, 0.25) is 11.6 Å². The molecule has 0 atom stereocenters. The summed E-state index contributed by atoms with van der Waals surface area (Å²) in [4.78, 5) is 16.4. The second-order valence-corrected chi connectivity index (χ2v) is 4.56. The summed E-state index contributed by atoms with van der Waals surface area (Å²) in [6.07, 6.45) is 1.62. The van der Waals surface area contributed by atoms with E-state index in [-0.39, 0.29) is 12.4 Å². The highest BCUT2D eigenvalue weighted by Gasteiger charge is 2.35. The van der Waals surface area contributed by atoms with Crippen LogP contribution in [0.1, 0.15) is 21.6 Å². The van der Waals surface area contributed by atoms with Crippen molar-refractivity contribution in [3.05, 3.63) is 16.1 Å². The molecule has 5 nitrogen and oxygen atoms in total. The third-order valence-electron chi connectivity index (χ3n) is 2.31. The van der Waals surface area contributed by atoms with Crippen molar-refractivity contribution >= 4 is 17.1 Å². The van der Waals surface area contributed by atoms with Gasteiger partial charge in [-0.3, -0.25) is 4.79 Å². The summed E-state index contributed by atoms with van der Waals surface area (Å²) in [7, 11) is 1.48. The number of carbonyl (C=O) groups is 1. The Labute approximate surface area is 97.3 Å². The van der Waals surface area contributed by atoms with Crippen LogP contribution in [0.2, 0.25) is 0 Å². The number of ketones is 1. The number of methoxy groups -OCH3 is 1. The third-order valence-corrected chi connectivity index (χ3v) is 3.53. The maximum Gasteiger partial charge on any atom is 0.216 e. The van der Waals surface area contributed by atoms with Crippen LogP contribution < -0.4 is 0 Å². The molecule has 0 unspecified atom stereocenters. The van der Waals surface area contributed by atoms with Crippen LogP contribution in [0.4, 0.5) is 0 Å². The standard InChI is InChI=1S/C10H13NO4S/c1-10(14-3-4-15-10)8-5-11-9(16-8)7(12)6-13-2/h5H,3-4,6H2,1-2H3. The SMILES string of the molecule is COCC(=O)c1ncc(C2(C)OCCO2)s1. The molecule has 2 heterocycles. The average molecular weight is 243 g/mol. The van der Waals surface area contributed by atoms with Crippen LogP contribution in [-0.2, 0) is 20.0 Å². The van der Waals surface area contributed by atoms with Crippen molar-refractivity contribution in [2.45, 2.75) is 12.7 Å². The first-order valence-corrected chi connectivity index (χ1v) is 5.74. The first kappa shape index (κ1) is 11.7. The number of hydrogen-bond acceptors (Lipinski definition) is 6. The predicted octanol–water partition coefficient (Wildman–Crippen LogP) is 1.19. The van der Waals surface area contributed by atoms with E-state index in [0.29, 0.717) is 18.2 Å². The molecule has 0 spiro atoms. The van der Waals surface area contributed by atoms with Gasteiger partial charge in [0.05, 0.1) is 18.1 Å². The molecule has 1 saturated heterocycles. The van der Waals surface area contributed by atoms with E-state index >= 15 is 0 Å². The number of thiazole rings is 1. The van der Waals surface area contributed by atoms with Crippen LogP contribution in [0, 0.1) is 0 Å². The quantitative estimate of drug-likeness (QED) is 0.743. The second-order valence-electron chi connectivity index (χ2n) is 3.53. The van der Waals surface area contributed by atoms with E-state index in [9.17, 15) is 4.79 Å². The third kappa shape index (κ3) is 2.15. The average Bonchev–Trinajstić information content (AvgIpc) is 2.86. The molecule has 0 bridgehead atoms. The van der Waals surface area contributed by atoms with Gasteiger partial charge in [0.1, 0.15) is 6.61 Å². The summed E-state index contributed by atoms with van der Waals surface area (Å²) in [5.41, 5.74) is 0. The van der Waals surface area contributed by atoms with Crippen molar-refractivity contribution in [2.24, 2.45) is 0 Å². The fourth-order valence-electron chi connectivity index (χ4n) is 1.46. The Morgan fingerprint density at radius 1 is 1.62 bits per heavy atom. The molecule has 0 aromatic carbocycles. The Hall–Kier alpha value is -0.820. The van der Waals surface area contributed by atoms with Crippen molar-refractivity contribution in [1.82, 2.24) is 4.98 Å². The Balaban J connectivity index is 2.16. The molecule has 1 aliphatic heterocycles. The highest BCUT2D eigenvalue weighted by molar-refractivity contribution is 7.13. The molecule has 1 aliphatic rings. The maximum absolute atomic E-state index is 11.5. The van der Waals surface area contributed by atoms with Crippen LogP contribution in [0.3, 0.4) is 0 Å². The number of aromatic nitrogens is 1. The lowest BCUT2D eigenvalue weighted by Gasteiger charge is -2.19. The van der Waals surface area contributed by atoms with Crippen molar-refractivity contribution < 1.29 is 19.0 Å². The van der Waals surface area contributed by atoms with Gasteiger partial charge in [0.25, 0.3) is 0 Å². The molecule has 0 aliphatic carbocycles. The lowest BCUT2D eigenvalue weighted by Crippen LogP contribution is -2.20. The number of rotatable bonds is 4. The Kier molecular flexibility index (Phi) is 3.34. The molecule has 1 aromatic heterocycles. The van der Waals surface area contributed by atoms with Gasteiger partial charge in [-0.15, -0.1) is 11.3 Å². The van der Waals surface area contributed by atoms with Gasteiger partial charge in [0.15, 0.2) is 5.01 Å². The van der Waals surface area contributed by atoms with E-state index in [1.807, 2.05) is 6.92 Å². The minimum Gasteiger partial charge on any atom is -0.376 e. The molecule has 16 heavy (non-hydrogen) atoms. The minimum atomic E-state index is -0.747. The van der Waals surface area contributed by atoms with Crippen LogP contribution >= 0.6 is 11.3 Å². The highest BCUT2D eigenvalue weighted by atomic mass is 32.1. The molecule has 0 N–H and O–H groups in total. The van der Waals surface area contributed by atoms with Gasteiger partial charge in [-0.25, -0.2) is 4.98 Å². The number of ether oxygens (including phenoxy) is 3. The van der Waals surface area contributed by atoms with Crippen LogP contribution in [0.15, 0.2) is 6.20 Å². The number of nitrogens with zero attached hydrogens (tertiary/aromatic N) is 1. The second kappa shape index (κ2) is 4.58. The fraction of sp³-hybridized carbons (Fsp3) is 0.600. The van der Waals surface area contributed by atoms with Gasteiger partial charge in [-0.1, -0.05) is 0 Å². The monoisotopic (exact) mass is 243 g/mol. The normalized spacial score (nSPS) is 18.9. The zero-order chi connectivity index (χ0) is 11.6. The molecule has 1 aromatic rings. The van der Waals surface area contributed by atoms with Gasteiger partial charge >= 0.3 is 0 Å². The Morgan fingerprint density at radius 2 is 2.31 bits per heavy atom. The van der Waals surface area contributed by atoms with Crippen LogP contribution in [-0.4, -0.2) is 37.7 Å². The number of carbonyl (C=O) groups excluding carboxylic acids is 1. The summed E-state index contributed by atoms with van der Waals surface area (Å²) in [6, 6.07) is 0. The summed E-state index contributed by atoms with van der Waals surface area (Å²) in [6.45, 7) is 3.01. The van der Waals surface area contributed by atoms with E-state index in [0.717, 1.165) is 4.88 Å². The van der Waals surface area contributed by atoms with Crippen LogP contribution in [0.5, 0.6) is 0 Å². The van der Waals surface area contributed by atoms with E-state index in [1.54, 1.807) is 6.20 Å². The molecular formula is C10H13NO4S. The smallest absolute Gasteiger partial charge is 0.216 e. The largest absolute Gasteiger partial charge is 0.376 e. The molecule has 1 fully saturated rings. The molecule has 88 valence electrons. The van der Waals surface area contributed by atoms with E-state index in [4.69, 9.17) is 14.2 Å². The van der Waals surface area contributed by atoms with Crippen molar-refractivity contribution in [3.63, 3.8) is 0 Å². The maximum atomic E-state index is 11.5. The Morgan fingerprint density at radius 3 is 2.94 bits per heavy atom. The molecule has 0 saturated carbocycles. The van der Waals surface area contributed by atoms with Gasteiger partial charge < -0.3 is 14.2 Å². The van der Waals surface area contributed by atoms with Gasteiger partial charge in [-0.2, -0.15) is 0 Å². The fourth-order valence-corrected chi connectivity index (χ4v) is 2.36. The number of hydrogen-bond donors (Lipinski definition) is 0. The van der Waals surface area contributed by atoms with E-state index in [1.165, 1.54) is 18.4 Å². The van der Waals surface area contributed by atoms with E-state index in [2.05, 4.69) is 4.98 Å². The van der Waals surface area contributed by atoms with Crippen molar-refractivity contribution in [2.75, 3.05) is 26.9 Å². The minimum absolute atomic E-state index is 0.0470. The van der Waals surface area contributed by atoms with Crippen LogP contribution in [0.25, 0.3) is 0 Å². The Bertz CT molecular complexity index is 384. The molecule has 6 heteroatoms. The summed E-state index contributed by atoms with van der Waals surface area (Å²) < 4.78 is 15.7. The lowest BCUT2D eigenvalue weighted by molar-refractivity contribution is -0.147. The first-order chi connectivity index (χ1) is 7.65. The zero-order valence-electron chi connectivity index (χ0n) is 9.19. The van der Waals surface area contributed by atoms with Gasteiger partial charge in [0, 0.05) is 13.3 Å².